The molecule has 1 N–H and O–H groups in total. The third kappa shape index (κ3) is 5.35. The lowest BCUT2D eigenvalue weighted by molar-refractivity contribution is -0.125. The number of likely N-dealkylation sites (tertiary alicyclic amines) is 1. The highest BCUT2D eigenvalue weighted by Crippen LogP contribution is 2.29. The van der Waals surface area contributed by atoms with E-state index >= 15 is 0 Å². The Morgan fingerprint density at radius 2 is 1.57 bits per heavy atom. The smallest absolute Gasteiger partial charge is 0.223 e. The number of piperidine rings is 2. The van der Waals surface area contributed by atoms with Crippen molar-refractivity contribution in [2.24, 2.45) is 11.8 Å². The molecule has 0 aliphatic carbocycles. The normalized spacial score (nSPS) is 18.0. The Hall–Kier alpha value is -3.38. The van der Waals surface area contributed by atoms with Gasteiger partial charge in [-0.15, -0.1) is 0 Å². The first-order chi connectivity index (χ1) is 18.2. The van der Waals surface area contributed by atoms with E-state index in [1.807, 2.05) is 6.07 Å². The van der Waals surface area contributed by atoms with Crippen molar-refractivity contribution >= 4 is 28.3 Å². The molecule has 2 saturated heterocycles. The van der Waals surface area contributed by atoms with Crippen LogP contribution in [0.3, 0.4) is 0 Å². The van der Waals surface area contributed by atoms with Crippen LogP contribution < -0.4 is 10.2 Å². The van der Waals surface area contributed by atoms with E-state index in [0.717, 1.165) is 80.4 Å². The molecule has 0 atom stereocenters. The SMILES string of the molecule is O=C(NCCN1CCC(Cc2ccccc2)CC1)C1CCN(c2nc3ccccc3n3cccc23)CC1. The lowest BCUT2D eigenvalue weighted by atomic mass is 9.90. The summed E-state index contributed by atoms with van der Waals surface area (Å²) >= 11 is 0. The quantitative estimate of drug-likeness (QED) is 0.401. The maximum Gasteiger partial charge on any atom is 0.223 e. The summed E-state index contributed by atoms with van der Waals surface area (Å²) in [6, 6.07) is 23.4. The first-order valence-corrected chi connectivity index (χ1v) is 13.9. The van der Waals surface area contributed by atoms with Gasteiger partial charge in [0.1, 0.15) is 0 Å². The van der Waals surface area contributed by atoms with Crippen molar-refractivity contribution in [3.05, 3.63) is 78.5 Å². The maximum absolute atomic E-state index is 12.9. The van der Waals surface area contributed by atoms with Gasteiger partial charge in [0.05, 0.1) is 16.6 Å². The van der Waals surface area contributed by atoms with E-state index < -0.39 is 0 Å². The maximum atomic E-state index is 12.9. The molecule has 2 aliphatic heterocycles. The molecule has 0 radical (unpaired) electrons. The molecular formula is C31H37N5O. The molecule has 0 unspecified atom stereocenters. The molecule has 4 heterocycles. The number of rotatable bonds is 7. The minimum atomic E-state index is 0.0936. The van der Waals surface area contributed by atoms with Crippen molar-refractivity contribution < 1.29 is 4.79 Å². The number of anilines is 1. The van der Waals surface area contributed by atoms with Crippen LogP contribution in [0.25, 0.3) is 16.6 Å². The van der Waals surface area contributed by atoms with Crippen molar-refractivity contribution in [3.63, 3.8) is 0 Å². The number of aromatic nitrogens is 2. The fourth-order valence-electron chi connectivity index (χ4n) is 6.14. The monoisotopic (exact) mass is 495 g/mol. The van der Waals surface area contributed by atoms with Crippen LogP contribution in [-0.4, -0.2) is 59.5 Å². The van der Waals surface area contributed by atoms with Gasteiger partial charge in [0, 0.05) is 38.3 Å². The van der Waals surface area contributed by atoms with Crippen molar-refractivity contribution in [3.8, 4) is 0 Å². The van der Waals surface area contributed by atoms with Crippen molar-refractivity contribution in [2.75, 3.05) is 44.2 Å². The second-order valence-electron chi connectivity index (χ2n) is 10.7. The van der Waals surface area contributed by atoms with Gasteiger partial charge < -0.3 is 19.5 Å². The Labute approximate surface area is 219 Å². The minimum Gasteiger partial charge on any atom is -0.355 e. The summed E-state index contributed by atoms with van der Waals surface area (Å²) in [6.45, 7) is 5.70. The molecule has 2 fully saturated rings. The van der Waals surface area contributed by atoms with Gasteiger partial charge >= 0.3 is 0 Å². The number of hydrogen-bond acceptors (Lipinski definition) is 4. The Kier molecular flexibility index (Phi) is 7.09. The van der Waals surface area contributed by atoms with E-state index in [-0.39, 0.29) is 11.8 Å². The van der Waals surface area contributed by atoms with E-state index in [9.17, 15) is 4.79 Å². The van der Waals surface area contributed by atoms with Crippen molar-refractivity contribution in [1.29, 1.82) is 0 Å². The van der Waals surface area contributed by atoms with Crippen molar-refractivity contribution in [1.82, 2.24) is 19.6 Å². The number of nitrogens with zero attached hydrogens (tertiary/aromatic N) is 4. The lowest BCUT2D eigenvalue weighted by Crippen LogP contribution is -2.44. The average Bonchev–Trinajstić information content (AvgIpc) is 3.45. The number of amides is 1. The van der Waals surface area contributed by atoms with Gasteiger partial charge in [0.2, 0.25) is 5.91 Å². The topological polar surface area (TPSA) is 52.9 Å². The predicted molar refractivity (Wildman–Crippen MR) is 150 cm³/mol. The van der Waals surface area contributed by atoms with Gasteiger partial charge in [-0.25, -0.2) is 4.98 Å². The van der Waals surface area contributed by atoms with Crippen LogP contribution in [0, 0.1) is 11.8 Å². The second kappa shape index (κ2) is 10.9. The van der Waals surface area contributed by atoms with Gasteiger partial charge in [0.25, 0.3) is 0 Å². The molecule has 2 aromatic carbocycles. The largest absolute Gasteiger partial charge is 0.355 e. The van der Waals surface area contributed by atoms with Crippen LogP contribution in [0.15, 0.2) is 72.9 Å². The van der Waals surface area contributed by atoms with Crippen LogP contribution in [0.2, 0.25) is 0 Å². The predicted octanol–water partition coefficient (Wildman–Crippen LogP) is 4.77. The summed E-state index contributed by atoms with van der Waals surface area (Å²) in [4.78, 5) is 22.8. The third-order valence-corrected chi connectivity index (χ3v) is 8.31. The number of carbonyl (C=O) groups excluding carboxylic acids is 1. The molecule has 2 aromatic heterocycles. The number of benzene rings is 2. The molecular weight excluding hydrogens is 458 g/mol. The molecule has 2 aliphatic rings. The average molecular weight is 496 g/mol. The van der Waals surface area contributed by atoms with Crippen LogP contribution in [0.4, 0.5) is 5.82 Å². The number of hydrogen-bond donors (Lipinski definition) is 1. The molecule has 6 heteroatoms. The molecule has 37 heavy (non-hydrogen) atoms. The van der Waals surface area contributed by atoms with E-state index in [1.165, 1.54) is 24.8 Å². The van der Waals surface area contributed by atoms with Gasteiger partial charge in [-0.1, -0.05) is 42.5 Å². The number of carbonyl (C=O) groups is 1. The standard InChI is InChI=1S/C31H37N5O/c37-31(32-16-22-34-18-12-25(13-19-34)23-24-7-2-1-3-8-24)26-14-20-35(21-15-26)30-29-11-6-17-36(29)28-10-5-4-9-27(28)33-30/h1-11,17,25-26H,12-16,18-23H2,(H,32,37). The van der Waals surface area contributed by atoms with Crippen molar-refractivity contribution in [2.45, 2.75) is 32.1 Å². The zero-order valence-corrected chi connectivity index (χ0v) is 21.6. The molecule has 192 valence electrons. The fraction of sp³-hybridized carbons (Fsp3) is 0.419. The molecule has 0 bridgehead atoms. The third-order valence-electron chi connectivity index (χ3n) is 8.31. The highest BCUT2D eigenvalue weighted by atomic mass is 16.1. The number of nitrogens with one attached hydrogen (secondary N) is 1. The second-order valence-corrected chi connectivity index (χ2v) is 10.7. The molecule has 0 saturated carbocycles. The van der Waals surface area contributed by atoms with Gasteiger partial charge in [-0.3, -0.25) is 4.79 Å². The number of fused-ring (bicyclic) bond motifs is 3. The first kappa shape index (κ1) is 24.0. The molecule has 1 amide bonds. The summed E-state index contributed by atoms with van der Waals surface area (Å²) in [5.74, 6) is 2.12. The first-order valence-electron chi connectivity index (χ1n) is 13.9. The molecule has 6 rings (SSSR count). The Morgan fingerprint density at radius 3 is 2.38 bits per heavy atom. The summed E-state index contributed by atoms with van der Waals surface area (Å²) < 4.78 is 2.22. The molecule has 0 spiro atoms. The highest BCUT2D eigenvalue weighted by Gasteiger charge is 2.27. The van der Waals surface area contributed by atoms with E-state index in [4.69, 9.17) is 4.98 Å². The Bertz CT molecular complexity index is 1330. The summed E-state index contributed by atoms with van der Waals surface area (Å²) in [5, 5.41) is 3.24. The molecule has 4 aromatic rings. The van der Waals surface area contributed by atoms with E-state index in [1.54, 1.807) is 0 Å². The van der Waals surface area contributed by atoms with Crippen LogP contribution >= 0.6 is 0 Å². The van der Waals surface area contributed by atoms with Crippen LogP contribution in [0.5, 0.6) is 0 Å². The minimum absolute atomic E-state index is 0.0936. The van der Waals surface area contributed by atoms with Gasteiger partial charge in [-0.05, 0) is 80.9 Å². The summed E-state index contributed by atoms with van der Waals surface area (Å²) in [6.07, 6.45) is 7.54. The zero-order chi connectivity index (χ0) is 25.0. The Morgan fingerprint density at radius 1 is 0.838 bits per heavy atom. The van der Waals surface area contributed by atoms with Crippen LogP contribution in [0.1, 0.15) is 31.2 Å². The lowest BCUT2D eigenvalue weighted by Gasteiger charge is -2.33. The van der Waals surface area contributed by atoms with Crippen LogP contribution in [-0.2, 0) is 11.2 Å². The van der Waals surface area contributed by atoms with E-state index in [0.29, 0.717) is 0 Å². The molecule has 6 nitrogen and oxygen atoms in total. The highest BCUT2D eigenvalue weighted by molar-refractivity contribution is 5.85. The fourth-order valence-corrected chi connectivity index (χ4v) is 6.14. The summed E-state index contributed by atoms with van der Waals surface area (Å²) in [5.41, 5.74) is 4.72. The Balaban J connectivity index is 0.958. The van der Waals surface area contributed by atoms with E-state index in [2.05, 4.69) is 86.4 Å². The summed E-state index contributed by atoms with van der Waals surface area (Å²) in [7, 11) is 0. The zero-order valence-electron chi connectivity index (χ0n) is 21.6. The van der Waals surface area contributed by atoms with Gasteiger partial charge in [0.15, 0.2) is 5.82 Å². The number of para-hydroxylation sites is 2. The van der Waals surface area contributed by atoms with Gasteiger partial charge in [-0.2, -0.15) is 0 Å².